The average Bonchev–Trinajstić information content (AvgIpc) is 2.67. The number of anilines is 1. The van der Waals surface area contributed by atoms with Crippen LogP contribution in [0.15, 0.2) is 46.9 Å². The van der Waals surface area contributed by atoms with Gasteiger partial charge < -0.3 is 15.4 Å². The Morgan fingerprint density at radius 1 is 1.21 bits per heavy atom. The van der Waals surface area contributed by atoms with Gasteiger partial charge in [0.05, 0.1) is 6.61 Å². The van der Waals surface area contributed by atoms with E-state index < -0.39 is 0 Å². The van der Waals surface area contributed by atoms with E-state index in [9.17, 15) is 9.59 Å². The summed E-state index contributed by atoms with van der Waals surface area (Å²) >= 11 is 3.43. The van der Waals surface area contributed by atoms with Crippen molar-refractivity contribution in [1.29, 1.82) is 0 Å². The number of nitrogens with one attached hydrogen (secondary N) is 2. The lowest BCUT2D eigenvalue weighted by atomic mass is 10.0. The van der Waals surface area contributed by atoms with Crippen molar-refractivity contribution >= 4 is 33.4 Å². The molecule has 6 heteroatoms. The lowest BCUT2D eigenvalue weighted by Crippen LogP contribution is -2.34. The molecule has 0 bridgehead atoms. The van der Waals surface area contributed by atoms with Crippen LogP contribution in [-0.4, -0.2) is 24.5 Å². The van der Waals surface area contributed by atoms with Crippen LogP contribution < -0.4 is 15.4 Å². The molecule has 1 aliphatic heterocycles. The van der Waals surface area contributed by atoms with E-state index in [0.29, 0.717) is 25.9 Å². The molecule has 2 aromatic rings. The highest BCUT2D eigenvalue weighted by Gasteiger charge is 2.15. The zero-order valence-electron chi connectivity index (χ0n) is 16.0. The molecule has 2 aromatic carbocycles. The summed E-state index contributed by atoms with van der Waals surface area (Å²) in [5.41, 5.74) is 3.15. The third-order valence-corrected chi connectivity index (χ3v) is 5.18. The van der Waals surface area contributed by atoms with Crippen LogP contribution in [0.5, 0.6) is 5.75 Å². The van der Waals surface area contributed by atoms with Gasteiger partial charge in [-0.3, -0.25) is 9.59 Å². The lowest BCUT2D eigenvalue weighted by Gasteiger charge is -2.18. The molecule has 1 unspecified atom stereocenters. The van der Waals surface area contributed by atoms with E-state index in [0.717, 1.165) is 34.3 Å². The first-order valence-electron chi connectivity index (χ1n) is 9.59. The molecule has 0 saturated carbocycles. The van der Waals surface area contributed by atoms with Crippen molar-refractivity contribution in [1.82, 2.24) is 5.32 Å². The fourth-order valence-corrected chi connectivity index (χ4v) is 3.51. The Balaban J connectivity index is 1.36. The largest absolute Gasteiger partial charge is 0.494 e. The van der Waals surface area contributed by atoms with E-state index in [4.69, 9.17) is 4.74 Å². The molecule has 5 nitrogen and oxygen atoms in total. The summed E-state index contributed by atoms with van der Waals surface area (Å²) in [6, 6.07) is 13.9. The number of benzene rings is 2. The van der Waals surface area contributed by atoms with E-state index in [-0.39, 0.29) is 17.9 Å². The summed E-state index contributed by atoms with van der Waals surface area (Å²) in [7, 11) is 0. The Bertz CT molecular complexity index is 836. The van der Waals surface area contributed by atoms with Crippen molar-refractivity contribution in [2.45, 2.75) is 45.1 Å². The summed E-state index contributed by atoms with van der Waals surface area (Å²) in [5.74, 6) is 0.877. The SMILES string of the molecule is CC(Cc1ccc(Br)cc1)NC(=O)CCCOc1ccc2c(c1)CCC(=O)N2. The van der Waals surface area contributed by atoms with Gasteiger partial charge in [-0.1, -0.05) is 28.1 Å². The van der Waals surface area contributed by atoms with Crippen LogP contribution in [0, 0.1) is 0 Å². The number of aryl methyl sites for hydroxylation is 1. The zero-order chi connectivity index (χ0) is 19.9. The maximum atomic E-state index is 12.1. The molecule has 3 rings (SSSR count). The van der Waals surface area contributed by atoms with Crippen LogP contribution in [-0.2, 0) is 22.4 Å². The van der Waals surface area contributed by atoms with Crippen LogP contribution in [0.25, 0.3) is 0 Å². The molecule has 0 fully saturated rings. The Kier molecular flexibility index (Phi) is 7.09. The smallest absolute Gasteiger partial charge is 0.224 e. The minimum Gasteiger partial charge on any atom is -0.494 e. The Morgan fingerprint density at radius 2 is 2.00 bits per heavy atom. The first-order valence-corrected chi connectivity index (χ1v) is 10.4. The fraction of sp³-hybridized carbons (Fsp3) is 0.364. The molecule has 2 N–H and O–H groups in total. The highest BCUT2D eigenvalue weighted by atomic mass is 79.9. The molecule has 0 spiro atoms. The number of hydrogen-bond donors (Lipinski definition) is 2. The number of rotatable bonds is 8. The Morgan fingerprint density at radius 3 is 2.79 bits per heavy atom. The second-order valence-corrected chi connectivity index (χ2v) is 8.03. The van der Waals surface area contributed by atoms with Gasteiger partial charge in [-0.15, -0.1) is 0 Å². The van der Waals surface area contributed by atoms with Gasteiger partial charge in [0.1, 0.15) is 5.75 Å². The minimum absolute atomic E-state index is 0.0429. The lowest BCUT2D eigenvalue weighted by molar-refractivity contribution is -0.122. The second-order valence-electron chi connectivity index (χ2n) is 7.12. The first-order chi connectivity index (χ1) is 13.5. The van der Waals surface area contributed by atoms with Gasteiger partial charge in [0.2, 0.25) is 11.8 Å². The van der Waals surface area contributed by atoms with Crippen LogP contribution in [0.2, 0.25) is 0 Å². The average molecular weight is 445 g/mol. The molecule has 0 saturated heterocycles. The Labute approximate surface area is 174 Å². The summed E-state index contributed by atoms with van der Waals surface area (Å²) < 4.78 is 6.82. The molecule has 28 heavy (non-hydrogen) atoms. The third-order valence-electron chi connectivity index (χ3n) is 4.65. The number of fused-ring (bicyclic) bond motifs is 1. The van der Waals surface area contributed by atoms with Gasteiger partial charge in [0, 0.05) is 29.0 Å². The van der Waals surface area contributed by atoms with E-state index in [1.54, 1.807) is 0 Å². The van der Waals surface area contributed by atoms with Gasteiger partial charge in [-0.25, -0.2) is 0 Å². The van der Waals surface area contributed by atoms with Gasteiger partial charge >= 0.3 is 0 Å². The van der Waals surface area contributed by atoms with E-state index in [1.807, 2.05) is 37.3 Å². The number of carbonyl (C=O) groups is 2. The van der Waals surface area contributed by atoms with Crippen molar-refractivity contribution in [3.8, 4) is 5.75 Å². The summed E-state index contributed by atoms with van der Waals surface area (Å²) in [4.78, 5) is 23.5. The molecule has 1 aliphatic rings. The van der Waals surface area contributed by atoms with E-state index in [2.05, 4.69) is 38.7 Å². The van der Waals surface area contributed by atoms with Crippen molar-refractivity contribution in [3.63, 3.8) is 0 Å². The summed E-state index contributed by atoms with van der Waals surface area (Å²) in [6.07, 6.45) is 3.14. The quantitative estimate of drug-likeness (QED) is 0.598. The fourth-order valence-electron chi connectivity index (χ4n) is 3.24. The number of amides is 2. The maximum absolute atomic E-state index is 12.1. The van der Waals surface area contributed by atoms with Crippen LogP contribution in [0.4, 0.5) is 5.69 Å². The van der Waals surface area contributed by atoms with Gasteiger partial charge in [0.25, 0.3) is 0 Å². The minimum atomic E-state index is 0.0429. The molecule has 0 radical (unpaired) electrons. The maximum Gasteiger partial charge on any atom is 0.224 e. The van der Waals surface area contributed by atoms with Crippen molar-refractivity contribution in [2.75, 3.05) is 11.9 Å². The molecular weight excluding hydrogens is 420 g/mol. The number of hydrogen-bond acceptors (Lipinski definition) is 3. The van der Waals surface area contributed by atoms with Crippen molar-refractivity contribution in [2.24, 2.45) is 0 Å². The summed E-state index contributed by atoms with van der Waals surface area (Å²) in [6.45, 7) is 2.50. The molecule has 0 aliphatic carbocycles. The highest BCUT2D eigenvalue weighted by molar-refractivity contribution is 9.10. The number of carbonyl (C=O) groups excluding carboxylic acids is 2. The predicted molar refractivity (Wildman–Crippen MR) is 114 cm³/mol. The number of halogens is 1. The van der Waals surface area contributed by atoms with Gasteiger partial charge in [-0.05, 0) is 67.6 Å². The molecule has 148 valence electrons. The van der Waals surface area contributed by atoms with Crippen molar-refractivity contribution in [3.05, 3.63) is 58.1 Å². The van der Waals surface area contributed by atoms with Crippen LogP contribution in [0.1, 0.15) is 37.3 Å². The monoisotopic (exact) mass is 444 g/mol. The molecule has 2 amide bonds. The zero-order valence-corrected chi connectivity index (χ0v) is 17.6. The molecule has 1 heterocycles. The Hall–Kier alpha value is -2.34. The molecular formula is C22H25BrN2O3. The first kappa shape index (κ1) is 20.4. The second kappa shape index (κ2) is 9.73. The van der Waals surface area contributed by atoms with Crippen molar-refractivity contribution < 1.29 is 14.3 Å². The van der Waals surface area contributed by atoms with Crippen LogP contribution >= 0.6 is 15.9 Å². The molecule has 0 aromatic heterocycles. The summed E-state index contributed by atoms with van der Waals surface area (Å²) in [5, 5.41) is 5.90. The number of ether oxygens (including phenoxy) is 1. The predicted octanol–water partition coefficient (Wildman–Crippen LogP) is 4.24. The van der Waals surface area contributed by atoms with Gasteiger partial charge in [-0.2, -0.15) is 0 Å². The third kappa shape index (κ3) is 6.09. The topological polar surface area (TPSA) is 67.4 Å². The standard InChI is InChI=1S/C22H25BrN2O3/c1-15(13-16-4-7-18(23)8-5-16)24-21(26)3-2-12-28-19-9-10-20-17(14-19)6-11-22(27)25-20/h4-5,7-10,14-15H,2-3,6,11-13H2,1H3,(H,24,26)(H,25,27). The normalized spacial score (nSPS) is 14.0. The van der Waals surface area contributed by atoms with Crippen LogP contribution in [0.3, 0.4) is 0 Å². The van der Waals surface area contributed by atoms with E-state index >= 15 is 0 Å². The molecule has 1 atom stereocenters. The highest BCUT2D eigenvalue weighted by Crippen LogP contribution is 2.26. The van der Waals surface area contributed by atoms with E-state index in [1.165, 1.54) is 5.56 Å². The van der Waals surface area contributed by atoms with Gasteiger partial charge in [0.15, 0.2) is 0 Å².